The van der Waals surface area contributed by atoms with Crippen molar-refractivity contribution in [1.82, 2.24) is 0 Å². The van der Waals surface area contributed by atoms with Crippen molar-refractivity contribution in [2.45, 2.75) is 51.6 Å². The summed E-state index contributed by atoms with van der Waals surface area (Å²) in [4.78, 5) is 16.3. The summed E-state index contributed by atoms with van der Waals surface area (Å²) < 4.78 is 0. The summed E-state index contributed by atoms with van der Waals surface area (Å²) in [7, 11) is 0. The molecule has 0 atom stereocenters. The van der Waals surface area contributed by atoms with Gasteiger partial charge in [-0.05, 0) is 26.7 Å². The highest BCUT2D eigenvalue weighted by molar-refractivity contribution is 5.80. The van der Waals surface area contributed by atoms with Crippen LogP contribution in [0, 0.1) is 0 Å². The third-order valence-corrected chi connectivity index (χ3v) is 2.45. The van der Waals surface area contributed by atoms with Crippen LogP contribution in [0.1, 0.15) is 46.0 Å². The maximum Gasteiger partial charge on any atom is 0.350 e. The molecule has 0 aromatic rings. The minimum atomic E-state index is -1.06. The first-order chi connectivity index (χ1) is 6.57. The molecule has 0 saturated heterocycles. The first-order valence-electron chi connectivity index (χ1n) is 5.00. The number of rotatable bonds is 3. The molecule has 1 aliphatic carbocycles. The second-order valence-corrected chi connectivity index (χ2v) is 3.99. The van der Waals surface area contributed by atoms with Gasteiger partial charge in [0.15, 0.2) is 0 Å². The number of aliphatic carboxylic acids is 1. The normalized spacial score (nSPS) is 19.9. The second-order valence-electron chi connectivity index (χ2n) is 3.99. The molecule has 80 valence electrons. The van der Waals surface area contributed by atoms with Gasteiger partial charge in [0.2, 0.25) is 5.60 Å². The average molecular weight is 199 g/mol. The lowest BCUT2D eigenvalue weighted by Gasteiger charge is -2.30. The fraction of sp³-hybridized carbons (Fsp3) is 0.800. The van der Waals surface area contributed by atoms with E-state index in [1.165, 1.54) is 0 Å². The second kappa shape index (κ2) is 4.44. The Morgan fingerprint density at radius 2 is 1.86 bits per heavy atom. The Morgan fingerprint density at radius 3 is 2.29 bits per heavy atom. The van der Waals surface area contributed by atoms with E-state index in [0.29, 0.717) is 12.8 Å². The van der Waals surface area contributed by atoms with Crippen molar-refractivity contribution in [3.63, 3.8) is 0 Å². The molecule has 14 heavy (non-hydrogen) atoms. The standard InChI is InChI=1S/C10H17NO3/c1-8(2)11-14-10(9(12)13)6-4-3-5-7-10/h3-7H2,1-2H3,(H,12,13). The number of carboxylic acid groups (broad SMARTS) is 1. The van der Waals surface area contributed by atoms with Crippen molar-refractivity contribution in [3.8, 4) is 0 Å². The molecule has 0 spiro atoms. The molecule has 1 saturated carbocycles. The average Bonchev–Trinajstić information content (AvgIpc) is 2.16. The summed E-state index contributed by atoms with van der Waals surface area (Å²) in [6, 6.07) is 0. The fourth-order valence-corrected chi connectivity index (χ4v) is 1.65. The smallest absolute Gasteiger partial charge is 0.350 e. The van der Waals surface area contributed by atoms with E-state index in [0.717, 1.165) is 25.0 Å². The Labute approximate surface area is 83.9 Å². The highest BCUT2D eigenvalue weighted by atomic mass is 16.7. The number of carbonyl (C=O) groups is 1. The zero-order chi connectivity index (χ0) is 10.6. The molecule has 1 N–H and O–H groups in total. The molecule has 4 heteroatoms. The van der Waals surface area contributed by atoms with Gasteiger partial charge in [0.25, 0.3) is 0 Å². The van der Waals surface area contributed by atoms with Gasteiger partial charge in [0, 0.05) is 12.8 Å². The Bertz CT molecular complexity index is 238. The van der Waals surface area contributed by atoms with E-state index in [9.17, 15) is 4.79 Å². The lowest BCUT2D eigenvalue weighted by molar-refractivity contribution is -0.170. The highest BCUT2D eigenvalue weighted by Crippen LogP contribution is 2.32. The van der Waals surface area contributed by atoms with Crippen molar-refractivity contribution < 1.29 is 14.7 Å². The molecule has 0 unspecified atom stereocenters. The van der Waals surface area contributed by atoms with Crippen molar-refractivity contribution in [2.24, 2.45) is 5.16 Å². The van der Waals surface area contributed by atoms with Crippen LogP contribution in [-0.4, -0.2) is 22.4 Å². The molecule has 1 aliphatic rings. The predicted molar refractivity (Wildman–Crippen MR) is 53.3 cm³/mol. The SMILES string of the molecule is CC(C)=NOC1(C(=O)O)CCCCC1. The molecular weight excluding hydrogens is 182 g/mol. The third kappa shape index (κ3) is 2.47. The van der Waals surface area contributed by atoms with Gasteiger partial charge in [-0.15, -0.1) is 0 Å². The number of oxime groups is 1. The highest BCUT2D eigenvalue weighted by Gasteiger charge is 2.42. The zero-order valence-electron chi connectivity index (χ0n) is 8.75. The molecule has 4 nitrogen and oxygen atoms in total. The van der Waals surface area contributed by atoms with Gasteiger partial charge >= 0.3 is 5.97 Å². The molecular formula is C10H17NO3. The summed E-state index contributed by atoms with van der Waals surface area (Å²) in [5.74, 6) is -0.887. The van der Waals surface area contributed by atoms with E-state index in [2.05, 4.69) is 5.16 Å². The minimum absolute atomic E-state index is 0.569. The van der Waals surface area contributed by atoms with Crippen molar-refractivity contribution in [2.75, 3.05) is 0 Å². The van der Waals surface area contributed by atoms with Crippen LogP contribution in [-0.2, 0) is 9.63 Å². The summed E-state index contributed by atoms with van der Waals surface area (Å²) >= 11 is 0. The maximum absolute atomic E-state index is 11.1. The maximum atomic E-state index is 11.1. The van der Waals surface area contributed by atoms with Gasteiger partial charge in [0.05, 0.1) is 5.71 Å². The van der Waals surface area contributed by atoms with Crippen LogP contribution in [0.4, 0.5) is 0 Å². The van der Waals surface area contributed by atoms with Gasteiger partial charge in [-0.2, -0.15) is 0 Å². The lowest BCUT2D eigenvalue weighted by atomic mass is 9.85. The first-order valence-corrected chi connectivity index (χ1v) is 5.00. The van der Waals surface area contributed by atoms with Crippen LogP contribution in [0.25, 0.3) is 0 Å². The van der Waals surface area contributed by atoms with Gasteiger partial charge in [-0.1, -0.05) is 11.6 Å². The topological polar surface area (TPSA) is 58.9 Å². The van der Waals surface area contributed by atoms with Gasteiger partial charge in [0.1, 0.15) is 0 Å². The van der Waals surface area contributed by atoms with Gasteiger partial charge in [-0.25, -0.2) is 4.79 Å². The first kappa shape index (κ1) is 11.0. The summed E-state index contributed by atoms with van der Waals surface area (Å²) in [5.41, 5.74) is -0.314. The Balaban J connectivity index is 2.70. The van der Waals surface area contributed by atoms with Crippen LogP contribution in [0.2, 0.25) is 0 Å². The van der Waals surface area contributed by atoms with Gasteiger partial charge in [-0.3, -0.25) is 0 Å². The lowest BCUT2D eigenvalue weighted by Crippen LogP contribution is -2.42. The Kier molecular flexibility index (Phi) is 3.49. The van der Waals surface area contributed by atoms with Crippen molar-refractivity contribution in [3.05, 3.63) is 0 Å². The van der Waals surface area contributed by atoms with E-state index < -0.39 is 11.6 Å². The van der Waals surface area contributed by atoms with E-state index in [4.69, 9.17) is 9.94 Å². The molecule has 0 aromatic carbocycles. The Morgan fingerprint density at radius 1 is 1.29 bits per heavy atom. The summed E-state index contributed by atoms with van der Waals surface area (Å²) in [6.07, 6.45) is 4.04. The van der Waals surface area contributed by atoms with Crippen molar-refractivity contribution in [1.29, 1.82) is 0 Å². The molecule has 1 rings (SSSR count). The number of carboxylic acids is 1. The molecule has 0 aliphatic heterocycles. The monoisotopic (exact) mass is 199 g/mol. The van der Waals surface area contributed by atoms with Crippen LogP contribution in [0.5, 0.6) is 0 Å². The third-order valence-electron chi connectivity index (χ3n) is 2.45. The van der Waals surface area contributed by atoms with E-state index >= 15 is 0 Å². The van der Waals surface area contributed by atoms with Crippen LogP contribution in [0.3, 0.4) is 0 Å². The van der Waals surface area contributed by atoms with E-state index in [1.54, 1.807) is 13.8 Å². The molecule has 1 fully saturated rings. The van der Waals surface area contributed by atoms with Crippen molar-refractivity contribution >= 4 is 11.7 Å². The van der Waals surface area contributed by atoms with E-state index in [-0.39, 0.29) is 0 Å². The molecule has 0 bridgehead atoms. The Hall–Kier alpha value is -1.06. The zero-order valence-corrected chi connectivity index (χ0v) is 8.75. The number of hydrogen-bond donors (Lipinski definition) is 1. The van der Waals surface area contributed by atoms with Crippen LogP contribution < -0.4 is 0 Å². The van der Waals surface area contributed by atoms with E-state index in [1.807, 2.05) is 0 Å². The van der Waals surface area contributed by atoms with Crippen LogP contribution >= 0.6 is 0 Å². The minimum Gasteiger partial charge on any atom is -0.478 e. The fourth-order valence-electron chi connectivity index (χ4n) is 1.65. The molecule has 0 aromatic heterocycles. The number of nitrogens with zero attached hydrogens (tertiary/aromatic N) is 1. The largest absolute Gasteiger partial charge is 0.478 e. The molecule has 0 amide bonds. The van der Waals surface area contributed by atoms with Crippen LogP contribution in [0.15, 0.2) is 5.16 Å². The summed E-state index contributed by atoms with van der Waals surface area (Å²) in [5, 5.41) is 12.9. The number of hydrogen-bond acceptors (Lipinski definition) is 3. The quantitative estimate of drug-likeness (QED) is 0.560. The summed E-state index contributed by atoms with van der Waals surface area (Å²) in [6.45, 7) is 3.58. The van der Waals surface area contributed by atoms with Gasteiger partial charge < -0.3 is 9.94 Å². The molecule has 0 heterocycles. The molecule has 0 radical (unpaired) electrons. The predicted octanol–water partition coefficient (Wildman–Crippen LogP) is 2.19.